The average Bonchev–Trinajstić information content (AvgIpc) is 3.20. The summed E-state index contributed by atoms with van der Waals surface area (Å²) in [7, 11) is 0. The zero-order chi connectivity index (χ0) is 17.6. The van der Waals surface area contributed by atoms with Crippen molar-refractivity contribution in [1.82, 2.24) is 9.91 Å². The van der Waals surface area contributed by atoms with E-state index in [9.17, 15) is 0 Å². The Labute approximate surface area is 154 Å². The lowest BCUT2D eigenvalue weighted by Crippen LogP contribution is -2.43. The Hall–Kier alpha value is -2.85. The number of nitrogens with zero attached hydrogens (tertiary/aromatic N) is 3. The summed E-state index contributed by atoms with van der Waals surface area (Å²) in [4.78, 5) is 2.51. The van der Waals surface area contributed by atoms with Gasteiger partial charge in [0.05, 0.1) is 6.26 Å². The van der Waals surface area contributed by atoms with E-state index in [1.165, 1.54) is 16.3 Å². The number of fused-ring (bicyclic) bond motifs is 1. The molecule has 1 saturated heterocycles. The first-order valence-electron chi connectivity index (χ1n) is 9.06. The molecule has 4 nitrogen and oxygen atoms in total. The van der Waals surface area contributed by atoms with Gasteiger partial charge in [0, 0.05) is 38.9 Å². The SMILES string of the molecule is C(/C=C\c1ccco1)=NN1CCN(Cc2cccc3ccccc23)CC1. The fourth-order valence-electron chi connectivity index (χ4n) is 3.34. The molecule has 26 heavy (non-hydrogen) atoms. The zero-order valence-electron chi connectivity index (χ0n) is 14.8. The molecule has 132 valence electrons. The van der Waals surface area contributed by atoms with Gasteiger partial charge in [-0.1, -0.05) is 42.5 Å². The van der Waals surface area contributed by atoms with Gasteiger partial charge in [0.15, 0.2) is 0 Å². The van der Waals surface area contributed by atoms with Gasteiger partial charge in [-0.25, -0.2) is 0 Å². The third-order valence-corrected chi connectivity index (χ3v) is 4.74. The third kappa shape index (κ3) is 4.03. The van der Waals surface area contributed by atoms with Crippen LogP contribution in [0.25, 0.3) is 16.8 Å². The van der Waals surface area contributed by atoms with Crippen LogP contribution in [0.1, 0.15) is 11.3 Å². The van der Waals surface area contributed by atoms with Crippen LogP contribution in [0.3, 0.4) is 0 Å². The van der Waals surface area contributed by atoms with Gasteiger partial charge in [-0.2, -0.15) is 5.10 Å². The first-order chi connectivity index (χ1) is 12.9. The number of hydrogen-bond acceptors (Lipinski definition) is 4. The second kappa shape index (κ2) is 8.02. The third-order valence-electron chi connectivity index (χ3n) is 4.74. The van der Waals surface area contributed by atoms with Crippen LogP contribution in [-0.4, -0.2) is 42.3 Å². The lowest BCUT2D eigenvalue weighted by atomic mass is 10.0. The molecule has 1 aromatic heterocycles. The molecule has 0 saturated carbocycles. The highest BCUT2D eigenvalue weighted by Gasteiger charge is 2.16. The van der Waals surface area contributed by atoms with Crippen molar-refractivity contribution in [2.75, 3.05) is 26.2 Å². The molecule has 0 aliphatic carbocycles. The normalized spacial score (nSPS) is 16.2. The maximum atomic E-state index is 5.26. The summed E-state index contributed by atoms with van der Waals surface area (Å²) in [5.74, 6) is 0.844. The van der Waals surface area contributed by atoms with Crippen molar-refractivity contribution in [3.05, 3.63) is 78.3 Å². The Balaban J connectivity index is 1.31. The minimum atomic E-state index is 0.844. The number of hydrogen-bond donors (Lipinski definition) is 0. The van der Waals surface area contributed by atoms with Gasteiger partial charge < -0.3 is 4.42 Å². The molecule has 0 atom stereocenters. The Morgan fingerprint density at radius 1 is 0.923 bits per heavy atom. The second-order valence-electron chi connectivity index (χ2n) is 6.51. The van der Waals surface area contributed by atoms with Crippen molar-refractivity contribution in [3.8, 4) is 0 Å². The Morgan fingerprint density at radius 2 is 1.77 bits per heavy atom. The molecule has 0 bridgehead atoms. The van der Waals surface area contributed by atoms with Crippen molar-refractivity contribution >= 4 is 23.1 Å². The Bertz CT molecular complexity index is 885. The molecular weight excluding hydrogens is 322 g/mol. The van der Waals surface area contributed by atoms with Crippen molar-refractivity contribution in [2.24, 2.45) is 5.10 Å². The minimum Gasteiger partial charge on any atom is -0.465 e. The van der Waals surface area contributed by atoms with Gasteiger partial charge >= 0.3 is 0 Å². The quantitative estimate of drug-likeness (QED) is 0.648. The molecule has 0 unspecified atom stereocenters. The van der Waals surface area contributed by atoms with Crippen LogP contribution >= 0.6 is 0 Å². The van der Waals surface area contributed by atoms with E-state index in [2.05, 4.69) is 57.5 Å². The van der Waals surface area contributed by atoms with E-state index >= 15 is 0 Å². The molecule has 1 fully saturated rings. The summed E-state index contributed by atoms with van der Waals surface area (Å²) >= 11 is 0. The standard InChI is InChI=1S/C22H23N3O/c1-2-11-22-19(6-1)7-3-8-20(22)18-24-13-15-25(16-14-24)23-12-4-9-21-10-5-17-26-21/h1-12,17H,13-16,18H2/b9-4-,23-12?. The van der Waals surface area contributed by atoms with Gasteiger partial charge in [0.25, 0.3) is 0 Å². The summed E-state index contributed by atoms with van der Waals surface area (Å²) in [6, 6.07) is 19.0. The first-order valence-corrected chi connectivity index (χ1v) is 9.06. The summed E-state index contributed by atoms with van der Waals surface area (Å²) in [6.45, 7) is 4.97. The Morgan fingerprint density at radius 3 is 2.62 bits per heavy atom. The van der Waals surface area contributed by atoms with Gasteiger partial charge in [0.1, 0.15) is 5.76 Å². The number of rotatable bonds is 5. The monoisotopic (exact) mass is 345 g/mol. The molecular formula is C22H23N3O. The molecule has 2 heterocycles. The van der Waals surface area contributed by atoms with E-state index in [0.717, 1.165) is 38.5 Å². The summed E-state index contributed by atoms with van der Waals surface area (Å²) in [5.41, 5.74) is 1.40. The maximum absolute atomic E-state index is 5.26. The highest BCUT2D eigenvalue weighted by molar-refractivity contribution is 5.85. The smallest absolute Gasteiger partial charge is 0.126 e. The number of hydrazone groups is 1. The second-order valence-corrected chi connectivity index (χ2v) is 6.51. The topological polar surface area (TPSA) is 32.0 Å². The van der Waals surface area contributed by atoms with Crippen molar-refractivity contribution in [1.29, 1.82) is 0 Å². The van der Waals surface area contributed by atoms with Crippen LogP contribution in [0, 0.1) is 0 Å². The van der Waals surface area contributed by atoms with E-state index in [4.69, 9.17) is 4.42 Å². The molecule has 3 aromatic rings. The van der Waals surface area contributed by atoms with Gasteiger partial charge in [-0.15, -0.1) is 0 Å². The first kappa shape index (κ1) is 16.6. The minimum absolute atomic E-state index is 0.844. The fraction of sp³-hybridized carbons (Fsp3) is 0.227. The van der Waals surface area contributed by atoms with Crippen molar-refractivity contribution in [3.63, 3.8) is 0 Å². The number of furan rings is 1. The van der Waals surface area contributed by atoms with Gasteiger partial charge in [0.2, 0.25) is 0 Å². The van der Waals surface area contributed by atoms with Crippen LogP contribution in [0.4, 0.5) is 0 Å². The Kier molecular flexibility index (Phi) is 5.12. The molecule has 0 spiro atoms. The van der Waals surface area contributed by atoms with E-state index in [1.807, 2.05) is 30.5 Å². The predicted molar refractivity (Wildman–Crippen MR) is 107 cm³/mol. The molecule has 4 heteroatoms. The van der Waals surface area contributed by atoms with E-state index in [0.29, 0.717) is 0 Å². The molecule has 4 rings (SSSR count). The largest absolute Gasteiger partial charge is 0.465 e. The zero-order valence-corrected chi connectivity index (χ0v) is 14.8. The predicted octanol–water partition coefficient (Wildman–Crippen LogP) is 4.25. The van der Waals surface area contributed by atoms with Crippen LogP contribution < -0.4 is 0 Å². The lowest BCUT2D eigenvalue weighted by molar-refractivity contribution is 0.131. The van der Waals surface area contributed by atoms with Crippen LogP contribution in [0.2, 0.25) is 0 Å². The van der Waals surface area contributed by atoms with E-state index in [-0.39, 0.29) is 0 Å². The molecule has 1 aliphatic rings. The van der Waals surface area contributed by atoms with Crippen LogP contribution in [-0.2, 0) is 6.54 Å². The van der Waals surface area contributed by atoms with E-state index in [1.54, 1.807) is 6.26 Å². The highest BCUT2D eigenvalue weighted by Crippen LogP contribution is 2.20. The number of piperazine rings is 1. The maximum Gasteiger partial charge on any atom is 0.126 e. The van der Waals surface area contributed by atoms with E-state index < -0.39 is 0 Å². The van der Waals surface area contributed by atoms with Crippen molar-refractivity contribution in [2.45, 2.75) is 6.54 Å². The average molecular weight is 345 g/mol. The lowest BCUT2D eigenvalue weighted by Gasteiger charge is -2.33. The molecule has 0 radical (unpaired) electrons. The molecule has 1 aliphatic heterocycles. The van der Waals surface area contributed by atoms with Crippen LogP contribution in [0.5, 0.6) is 0 Å². The number of benzene rings is 2. The van der Waals surface area contributed by atoms with Crippen LogP contribution in [0.15, 0.2) is 76.5 Å². The van der Waals surface area contributed by atoms with Gasteiger partial charge in [-0.3, -0.25) is 9.91 Å². The summed E-state index contributed by atoms with van der Waals surface area (Å²) in [6.07, 6.45) is 7.34. The molecule has 2 aromatic carbocycles. The summed E-state index contributed by atoms with van der Waals surface area (Å²) in [5, 5.41) is 9.33. The number of allylic oxidation sites excluding steroid dienone is 1. The van der Waals surface area contributed by atoms with Gasteiger partial charge in [-0.05, 0) is 40.6 Å². The molecule has 0 N–H and O–H groups in total. The summed E-state index contributed by atoms with van der Waals surface area (Å²) < 4.78 is 5.26. The molecule has 0 amide bonds. The fourth-order valence-corrected chi connectivity index (χ4v) is 3.34. The van der Waals surface area contributed by atoms with Crippen molar-refractivity contribution < 1.29 is 4.42 Å². The highest BCUT2D eigenvalue weighted by atomic mass is 16.3.